The highest BCUT2D eigenvalue weighted by molar-refractivity contribution is 7.89. The van der Waals surface area contributed by atoms with Gasteiger partial charge in [0.25, 0.3) is 0 Å². The summed E-state index contributed by atoms with van der Waals surface area (Å²) in [4.78, 5) is 6.38. The van der Waals surface area contributed by atoms with Crippen molar-refractivity contribution in [2.45, 2.75) is 18.2 Å². The highest BCUT2D eigenvalue weighted by Crippen LogP contribution is 2.21. The minimum Gasteiger partial charge on any atom is -0.352 e. The van der Waals surface area contributed by atoms with E-state index in [0.717, 1.165) is 23.5 Å². The van der Waals surface area contributed by atoms with E-state index in [4.69, 9.17) is 0 Å². The van der Waals surface area contributed by atoms with Crippen LogP contribution < -0.4 is 10.2 Å². The monoisotopic (exact) mass is 424 g/mol. The molecule has 156 valence electrons. The zero-order chi connectivity index (χ0) is 21.0. The molecule has 0 unspecified atom stereocenters. The molecule has 0 saturated carbocycles. The molecule has 1 fully saturated rings. The predicted octanol–water partition coefficient (Wildman–Crippen LogP) is 2.69. The van der Waals surface area contributed by atoms with Gasteiger partial charge in [0.1, 0.15) is 0 Å². The predicted molar refractivity (Wildman–Crippen MR) is 116 cm³/mol. The van der Waals surface area contributed by atoms with Gasteiger partial charge in [-0.2, -0.15) is 4.31 Å². The van der Waals surface area contributed by atoms with E-state index in [1.54, 1.807) is 24.5 Å². The van der Waals surface area contributed by atoms with Crippen molar-refractivity contribution in [3.8, 4) is 0 Å². The van der Waals surface area contributed by atoms with E-state index in [1.165, 1.54) is 4.31 Å². The molecule has 1 saturated heterocycles. The lowest BCUT2D eigenvalue weighted by molar-refractivity contribution is 0.383. The third-order valence-corrected chi connectivity index (χ3v) is 7.05. The zero-order valence-corrected chi connectivity index (χ0v) is 17.6. The quantitative estimate of drug-likeness (QED) is 0.650. The molecule has 1 aliphatic heterocycles. The summed E-state index contributed by atoms with van der Waals surface area (Å²) in [5, 5.41) is 11.7. The van der Waals surface area contributed by atoms with Crippen molar-refractivity contribution in [1.29, 1.82) is 0 Å². The van der Waals surface area contributed by atoms with Gasteiger partial charge in [-0.05, 0) is 48.4 Å². The summed E-state index contributed by atoms with van der Waals surface area (Å²) < 4.78 is 27.4. The van der Waals surface area contributed by atoms with Gasteiger partial charge in [-0.15, -0.1) is 10.2 Å². The Kier molecular flexibility index (Phi) is 5.91. The largest absolute Gasteiger partial charge is 0.352 e. The van der Waals surface area contributed by atoms with Gasteiger partial charge in [-0.1, -0.05) is 19.1 Å². The van der Waals surface area contributed by atoms with Crippen molar-refractivity contribution in [2.24, 2.45) is 0 Å². The summed E-state index contributed by atoms with van der Waals surface area (Å²) in [5.41, 5.74) is 2.01. The maximum absolute atomic E-state index is 12.9. The van der Waals surface area contributed by atoms with Crippen molar-refractivity contribution in [2.75, 3.05) is 36.4 Å². The minimum atomic E-state index is -3.48. The number of nitrogens with zero attached hydrogens (tertiary/aromatic N) is 5. The Hall–Kier alpha value is -3.04. The minimum absolute atomic E-state index is 0.347. The lowest BCUT2D eigenvalue weighted by Gasteiger charge is -2.34. The molecule has 2 aromatic heterocycles. The van der Waals surface area contributed by atoms with E-state index in [-0.39, 0.29) is 0 Å². The number of sulfonamides is 1. The van der Waals surface area contributed by atoms with E-state index in [0.29, 0.717) is 36.9 Å². The fourth-order valence-corrected chi connectivity index (χ4v) is 4.77. The molecule has 0 atom stereocenters. The molecular weight excluding hydrogens is 400 g/mol. The summed E-state index contributed by atoms with van der Waals surface area (Å²) in [6.07, 6.45) is 4.29. The molecule has 3 aromatic rings. The second-order valence-corrected chi connectivity index (χ2v) is 8.96. The summed E-state index contributed by atoms with van der Waals surface area (Å²) >= 11 is 0. The highest BCUT2D eigenvalue weighted by Gasteiger charge is 2.29. The first-order valence-corrected chi connectivity index (χ1v) is 11.3. The van der Waals surface area contributed by atoms with Crippen LogP contribution in [-0.2, 0) is 16.4 Å². The Bertz CT molecular complexity index is 1060. The molecule has 3 heterocycles. The highest BCUT2D eigenvalue weighted by atomic mass is 32.2. The number of piperazine rings is 1. The Balaban J connectivity index is 1.38. The standard InChI is InChI=1S/C21H24N6O2S/c1-2-17-3-5-19(6-4-17)30(28,29)27-15-13-26(14-16-27)21-8-7-20(24-25-21)23-18-9-11-22-12-10-18/h3-12H,2,13-16H2,1H3,(H,22,23,24). The number of pyridine rings is 1. The number of aryl methyl sites for hydroxylation is 1. The Morgan fingerprint density at radius 2 is 1.60 bits per heavy atom. The first-order valence-electron chi connectivity index (χ1n) is 9.91. The van der Waals surface area contributed by atoms with Gasteiger partial charge >= 0.3 is 0 Å². The number of hydrogen-bond acceptors (Lipinski definition) is 7. The maximum Gasteiger partial charge on any atom is 0.243 e. The molecule has 0 radical (unpaired) electrons. The molecule has 0 amide bonds. The van der Waals surface area contributed by atoms with Crippen LogP contribution in [0.2, 0.25) is 0 Å². The topological polar surface area (TPSA) is 91.3 Å². The number of anilines is 3. The number of nitrogens with one attached hydrogen (secondary N) is 1. The molecule has 0 bridgehead atoms. The molecule has 1 N–H and O–H groups in total. The average molecular weight is 425 g/mol. The molecule has 1 aromatic carbocycles. The summed E-state index contributed by atoms with van der Waals surface area (Å²) in [6, 6.07) is 14.6. The van der Waals surface area contributed by atoms with Crippen LogP contribution in [0.5, 0.6) is 0 Å². The summed E-state index contributed by atoms with van der Waals surface area (Å²) in [5.74, 6) is 1.38. The van der Waals surface area contributed by atoms with Gasteiger partial charge in [0, 0.05) is 44.3 Å². The third-order valence-electron chi connectivity index (χ3n) is 5.14. The van der Waals surface area contributed by atoms with Crippen LogP contribution in [0.25, 0.3) is 0 Å². The second-order valence-electron chi connectivity index (χ2n) is 7.03. The van der Waals surface area contributed by atoms with E-state index in [2.05, 4.69) is 25.4 Å². The van der Waals surface area contributed by atoms with Gasteiger partial charge in [0.2, 0.25) is 10.0 Å². The fraction of sp³-hybridized carbons (Fsp3) is 0.286. The first-order chi connectivity index (χ1) is 14.6. The lowest BCUT2D eigenvalue weighted by atomic mass is 10.2. The van der Waals surface area contributed by atoms with Crippen LogP contribution >= 0.6 is 0 Å². The van der Waals surface area contributed by atoms with Crippen molar-refractivity contribution in [3.63, 3.8) is 0 Å². The van der Waals surface area contributed by atoms with Gasteiger partial charge < -0.3 is 10.2 Å². The van der Waals surface area contributed by atoms with Gasteiger partial charge in [0.05, 0.1) is 4.90 Å². The second kappa shape index (κ2) is 8.76. The normalized spacial score (nSPS) is 15.2. The molecule has 4 rings (SSSR count). The number of rotatable bonds is 6. The van der Waals surface area contributed by atoms with Crippen molar-refractivity contribution >= 4 is 27.3 Å². The lowest BCUT2D eigenvalue weighted by Crippen LogP contribution is -2.49. The molecule has 9 heteroatoms. The van der Waals surface area contributed by atoms with Crippen LogP contribution in [0.4, 0.5) is 17.3 Å². The summed E-state index contributed by atoms with van der Waals surface area (Å²) in [6.45, 7) is 4.01. The number of aromatic nitrogens is 3. The molecule has 0 aliphatic carbocycles. The fourth-order valence-electron chi connectivity index (χ4n) is 3.35. The van der Waals surface area contributed by atoms with Crippen molar-refractivity contribution in [1.82, 2.24) is 19.5 Å². The summed E-state index contributed by atoms with van der Waals surface area (Å²) in [7, 11) is -3.48. The third kappa shape index (κ3) is 4.42. The first kappa shape index (κ1) is 20.2. The average Bonchev–Trinajstić information content (AvgIpc) is 2.80. The van der Waals surface area contributed by atoms with Crippen LogP contribution in [0.1, 0.15) is 12.5 Å². The number of hydrogen-bond donors (Lipinski definition) is 1. The molecule has 30 heavy (non-hydrogen) atoms. The van der Waals surface area contributed by atoms with Crippen molar-refractivity contribution < 1.29 is 8.42 Å². The SMILES string of the molecule is CCc1ccc(S(=O)(=O)N2CCN(c3ccc(Nc4ccncc4)nn3)CC2)cc1. The van der Waals surface area contributed by atoms with E-state index in [1.807, 2.05) is 43.3 Å². The van der Waals surface area contributed by atoms with Crippen LogP contribution in [0.3, 0.4) is 0 Å². The Morgan fingerprint density at radius 3 is 2.20 bits per heavy atom. The number of benzene rings is 1. The van der Waals surface area contributed by atoms with Crippen LogP contribution in [0.15, 0.2) is 65.8 Å². The Labute approximate surface area is 176 Å². The smallest absolute Gasteiger partial charge is 0.243 e. The molecule has 0 spiro atoms. The molecule has 1 aliphatic rings. The van der Waals surface area contributed by atoms with E-state index < -0.39 is 10.0 Å². The molecular formula is C21H24N6O2S. The van der Waals surface area contributed by atoms with Gasteiger partial charge in [-0.25, -0.2) is 8.42 Å². The van der Waals surface area contributed by atoms with E-state index >= 15 is 0 Å². The Morgan fingerprint density at radius 1 is 0.900 bits per heavy atom. The van der Waals surface area contributed by atoms with Gasteiger partial charge in [-0.3, -0.25) is 4.98 Å². The van der Waals surface area contributed by atoms with Crippen molar-refractivity contribution in [3.05, 3.63) is 66.5 Å². The molecule has 8 nitrogen and oxygen atoms in total. The zero-order valence-electron chi connectivity index (χ0n) is 16.8. The van der Waals surface area contributed by atoms with Crippen LogP contribution in [0, 0.1) is 0 Å². The van der Waals surface area contributed by atoms with E-state index in [9.17, 15) is 8.42 Å². The maximum atomic E-state index is 12.9. The van der Waals surface area contributed by atoms with Crippen LogP contribution in [-0.4, -0.2) is 54.1 Å². The van der Waals surface area contributed by atoms with Gasteiger partial charge in [0.15, 0.2) is 11.6 Å².